The minimum atomic E-state index is 0.157. The lowest BCUT2D eigenvalue weighted by Gasteiger charge is -2.13. The maximum atomic E-state index is 5.41. The Hall–Kier alpha value is 0.660. The first-order valence-corrected chi connectivity index (χ1v) is 7.84. The SMILES string of the molecule is C[SH](C)COC[SH](C)C. The summed E-state index contributed by atoms with van der Waals surface area (Å²) < 4.78 is 5.41. The van der Waals surface area contributed by atoms with E-state index < -0.39 is 0 Å². The fraction of sp³-hybridized carbons (Fsp3) is 1.00. The molecular formula is C6H18OS2. The maximum Gasteiger partial charge on any atom is 0.0753 e. The lowest BCUT2D eigenvalue weighted by atomic mass is 11.5. The van der Waals surface area contributed by atoms with E-state index in [4.69, 9.17) is 4.74 Å². The zero-order valence-electron chi connectivity index (χ0n) is 6.72. The number of rotatable bonds is 4. The minimum absolute atomic E-state index is 0.157. The van der Waals surface area contributed by atoms with Gasteiger partial charge in [-0.05, 0) is 25.0 Å². The van der Waals surface area contributed by atoms with Gasteiger partial charge in [-0.1, -0.05) is 0 Å². The zero-order chi connectivity index (χ0) is 7.28. The van der Waals surface area contributed by atoms with Crippen LogP contribution < -0.4 is 0 Å². The Labute approximate surface area is 63.9 Å². The average molecular weight is 170 g/mol. The summed E-state index contributed by atoms with van der Waals surface area (Å²) in [5.74, 6) is 1.96. The first-order valence-electron chi connectivity index (χ1n) is 3.00. The van der Waals surface area contributed by atoms with E-state index in [9.17, 15) is 0 Å². The largest absolute Gasteiger partial charge is 0.364 e. The predicted molar refractivity (Wildman–Crippen MR) is 52.5 cm³/mol. The Kier molecular flexibility index (Phi) is 5.84. The summed E-state index contributed by atoms with van der Waals surface area (Å²) in [6.45, 7) is 0. The Morgan fingerprint density at radius 1 is 0.889 bits per heavy atom. The second-order valence-corrected chi connectivity index (χ2v) is 7.46. The number of hydrogen-bond acceptors (Lipinski definition) is 1. The van der Waals surface area contributed by atoms with Gasteiger partial charge in [-0.3, -0.25) is 0 Å². The van der Waals surface area contributed by atoms with Gasteiger partial charge in [0.05, 0.1) is 11.9 Å². The van der Waals surface area contributed by atoms with Crippen LogP contribution in [0.2, 0.25) is 0 Å². The standard InChI is InChI=1S/C6H18OS2/c1-8(2)5-7-6-9(3)4/h8-9H,5-6H2,1-4H3. The summed E-state index contributed by atoms with van der Waals surface area (Å²) >= 11 is 0. The molecule has 0 bridgehead atoms. The van der Waals surface area contributed by atoms with Crippen LogP contribution in [0.3, 0.4) is 0 Å². The Morgan fingerprint density at radius 3 is 1.44 bits per heavy atom. The quantitative estimate of drug-likeness (QED) is 0.607. The summed E-state index contributed by atoms with van der Waals surface area (Å²) in [5, 5.41) is 0. The molecule has 9 heavy (non-hydrogen) atoms. The van der Waals surface area contributed by atoms with E-state index in [1.165, 1.54) is 0 Å². The van der Waals surface area contributed by atoms with Crippen LogP contribution >= 0.6 is 21.8 Å². The van der Waals surface area contributed by atoms with Crippen molar-refractivity contribution in [3.8, 4) is 0 Å². The highest BCUT2D eigenvalue weighted by molar-refractivity contribution is 8.16. The third-order valence-corrected chi connectivity index (χ3v) is 2.10. The molecule has 0 rings (SSSR count). The van der Waals surface area contributed by atoms with Crippen LogP contribution in [-0.4, -0.2) is 36.9 Å². The smallest absolute Gasteiger partial charge is 0.0753 e. The van der Waals surface area contributed by atoms with Crippen molar-refractivity contribution in [2.24, 2.45) is 0 Å². The third kappa shape index (κ3) is 8.66. The van der Waals surface area contributed by atoms with Gasteiger partial charge in [0, 0.05) is 0 Å². The highest BCUT2D eigenvalue weighted by Crippen LogP contribution is 2.17. The fourth-order valence-corrected chi connectivity index (χ4v) is 1.46. The van der Waals surface area contributed by atoms with Crippen molar-refractivity contribution in [1.29, 1.82) is 0 Å². The molecular weight excluding hydrogens is 152 g/mol. The first-order chi connectivity index (χ1) is 4.13. The van der Waals surface area contributed by atoms with Crippen LogP contribution in [-0.2, 0) is 4.74 Å². The molecule has 0 aromatic rings. The molecule has 60 valence electrons. The van der Waals surface area contributed by atoms with Gasteiger partial charge in [-0.2, -0.15) is 0 Å². The molecule has 0 spiro atoms. The number of ether oxygens (including phenoxy) is 1. The monoisotopic (exact) mass is 170 g/mol. The Morgan fingerprint density at radius 2 is 1.22 bits per heavy atom. The Balaban J connectivity index is 2.91. The molecule has 0 fully saturated rings. The van der Waals surface area contributed by atoms with Crippen molar-refractivity contribution in [1.82, 2.24) is 0 Å². The van der Waals surface area contributed by atoms with Crippen molar-refractivity contribution >= 4 is 21.8 Å². The molecule has 0 atom stereocenters. The molecule has 0 aromatic carbocycles. The molecule has 1 nitrogen and oxygen atoms in total. The first kappa shape index (κ1) is 9.66. The van der Waals surface area contributed by atoms with Gasteiger partial charge in [0.25, 0.3) is 0 Å². The van der Waals surface area contributed by atoms with E-state index in [1.54, 1.807) is 0 Å². The van der Waals surface area contributed by atoms with Gasteiger partial charge < -0.3 is 4.74 Å². The lowest BCUT2D eigenvalue weighted by Crippen LogP contribution is -1.95. The summed E-state index contributed by atoms with van der Waals surface area (Å²) in [6.07, 6.45) is 8.96. The van der Waals surface area contributed by atoms with E-state index in [0.29, 0.717) is 0 Å². The number of hydrogen-bond donors (Lipinski definition) is 2. The Bertz CT molecular complexity index is 56.1. The van der Waals surface area contributed by atoms with E-state index in [1.807, 2.05) is 0 Å². The molecule has 0 N–H and O–H groups in total. The molecule has 0 aliphatic carbocycles. The van der Waals surface area contributed by atoms with Crippen LogP contribution in [0, 0.1) is 0 Å². The second kappa shape index (κ2) is 5.45. The highest BCUT2D eigenvalue weighted by Gasteiger charge is 1.89. The summed E-state index contributed by atoms with van der Waals surface area (Å²) in [5.41, 5.74) is 0. The molecule has 0 saturated heterocycles. The van der Waals surface area contributed by atoms with Crippen molar-refractivity contribution in [2.45, 2.75) is 0 Å². The summed E-state index contributed by atoms with van der Waals surface area (Å²) in [4.78, 5) is 0. The predicted octanol–water partition coefficient (Wildman–Crippen LogP) is 1.44. The van der Waals surface area contributed by atoms with Crippen molar-refractivity contribution in [3.63, 3.8) is 0 Å². The van der Waals surface area contributed by atoms with Gasteiger partial charge in [0.15, 0.2) is 0 Å². The molecule has 0 radical (unpaired) electrons. The molecule has 0 unspecified atom stereocenters. The minimum Gasteiger partial charge on any atom is -0.364 e. The van der Waals surface area contributed by atoms with Gasteiger partial charge in [-0.25, -0.2) is 21.8 Å². The maximum absolute atomic E-state index is 5.41. The normalized spacial score (nSPS) is 13.3. The average Bonchev–Trinajstić information content (AvgIpc) is 1.63. The van der Waals surface area contributed by atoms with Crippen LogP contribution in [0.1, 0.15) is 0 Å². The molecule has 0 aromatic heterocycles. The van der Waals surface area contributed by atoms with E-state index in [-0.39, 0.29) is 21.8 Å². The fourth-order valence-electron chi connectivity index (χ4n) is 0.406. The van der Waals surface area contributed by atoms with Crippen molar-refractivity contribution in [2.75, 3.05) is 36.9 Å². The van der Waals surface area contributed by atoms with Gasteiger partial charge in [0.2, 0.25) is 0 Å². The lowest BCUT2D eigenvalue weighted by molar-refractivity contribution is 0.239. The van der Waals surface area contributed by atoms with Crippen LogP contribution in [0.5, 0.6) is 0 Å². The molecule has 3 heteroatoms. The molecule has 0 aliphatic heterocycles. The topological polar surface area (TPSA) is 9.23 Å². The van der Waals surface area contributed by atoms with Gasteiger partial charge in [0.1, 0.15) is 0 Å². The van der Waals surface area contributed by atoms with Crippen molar-refractivity contribution < 1.29 is 4.74 Å². The van der Waals surface area contributed by atoms with E-state index in [0.717, 1.165) is 11.9 Å². The summed E-state index contributed by atoms with van der Waals surface area (Å²) in [7, 11) is 0.314. The van der Waals surface area contributed by atoms with Crippen LogP contribution in [0.15, 0.2) is 0 Å². The second-order valence-electron chi connectivity index (χ2n) is 2.62. The molecule has 0 amide bonds. The highest BCUT2D eigenvalue weighted by atomic mass is 32.2. The van der Waals surface area contributed by atoms with Crippen LogP contribution in [0.4, 0.5) is 0 Å². The molecule has 0 heterocycles. The molecule has 0 aliphatic rings. The number of thiol groups is 2. The van der Waals surface area contributed by atoms with Crippen LogP contribution in [0.25, 0.3) is 0 Å². The van der Waals surface area contributed by atoms with Gasteiger partial charge in [-0.15, -0.1) is 0 Å². The summed E-state index contributed by atoms with van der Waals surface area (Å²) in [6, 6.07) is 0. The van der Waals surface area contributed by atoms with E-state index in [2.05, 4.69) is 25.0 Å². The zero-order valence-corrected chi connectivity index (χ0v) is 8.51. The van der Waals surface area contributed by atoms with Crippen molar-refractivity contribution in [3.05, 3.63) is 0 Å². The molecule has 0 saturated carbocycles. The van der Waals surface area contributed by atoms with E-state index >= 15 is 0 Å². The van der Waals surface area contributed by atoms with Gasteiger partial charge >= 0.3 is 0 Å². The third-order valence-electron chi connectivity index (χ3n) is 0.699.